The molecule has 1 aromatic rings. The van der Waals surface area contributed by atoms with Crippen LogP contribution in [0.3, 0.4) is 0 Å². The van der Waals surface area contributed by atoms with E-state index in [1.807, 2.05) is 0 Å². The molecule has 0 bridgehead atoms. The minimum atomic E-state index is -4.42. The third-order valence-corrected chi connectivity index (χ3v) is 1.83. The molecule has 0 spiro atoms. The molecule has 16 heavy (non-hydrogen) atoms. The summed E-state index contributed by atoms with van der Waals surface area (Å²) in [7, 11) is 0. The third kappa shape index (κ3) is 3.15. The minimum absolute atomic E-state index is 0.0963. The number of benzene rings is 1. The highest BCUT2D eigenvalue weighted by atomic mass is 19.4. The number of aldehydes is 1. The van der Waals surface area contributed by atoms with Crippen molar-refractivity contribution in [2.45, 2.75) is 12.6 Å². The number of anilines is 1. The fraction of sp³-hybridized carbons (Fsp3) is 0.300. The fourth-order valence-corrected chi connectivity index (χ4v) is 1.07. The van der Waals surface area contributed by atoms with Crippen LogP contribution >= 0.6 is 0 Å². The monoisotopic (exact) mass is 233 g/mol. The molecule has 0 aliphatic carbocycles. The largest absolute Gasteiger partial charge is 0.491 e. The van der Waals surface area contributed by atoms with Gasteiger partial charge in [-0.3, -0.25) is 0 Å². The second-order valence-corrected chi connectivity index (χ2v) is 3.05. The lowest BCUT2D eigenvalue weighted by atomic mass is 10.2. The van der Waals surface area contributed by atoms with E-state index in [2.05, 4.69) is 0 Å². The van der Waals surface area contributed by atoms with Crippen LogP contribution < -0.4 is 10.5 Å². The maximum atomic E-state index is 12.3. The first-order valence-electron chi connectivity index (χ1n) is 4.48. The lowest BCUT2D eigenvalue weighted by Crippen LogP contribution is -2.07. The zero-order valence-electron chi connectivity index (χ0n) is 8.25. The van der Waals surface area contributed by atoms with E-state index < -0.39 is 11.7 Å². The normalized spacial score (nSPS) is 11.2. The highest BCUT2D eigenvalue weighted by Gasteiger charge is 2.30. The summed E-state index contributed by atoms with van der Waals surface area (Å²) >= 11 is 0. The van der Waals surface area contributed by atoms with Gasteiger partial charge in [-0.25, -0.2) is 0 Å². The van der Waals surface area contributed by atoms with Crippen molar-refractivity contribution in [3.05, 3.63) is 23.8 Å². The Morgan fingerprint density at radius 2 is 2.06 bits per heavy atom. The highest BCUT2D eigenvalue weighted by molar-refractivity contribution is 5.55. The number of nitrogen functional groups attached to an aromatic ring is 1. The Hall–Kier alpha value is -1.72. The molecule has 0 amide bonds. The first-order valence-corrected chi connectivity index (χ1v) is 4.48. The molecular formula is C10H10F3NO2. The Labute approximate surface area is 90.0 Å². The molecule has 1 aromatic carbocycles. The van der Waals surface area contributed by atoms with E-state index in [0.29, 0.717) is 6.29 Å². The predicted molar refractivity (Wildman–Crippen MR) is 52.0 cm³/mol. The Kier molecular flexibility index (Phi) is 3.76. The summed E-state index contributed by atoms with van der Waals surface area (Å²) < 4.78 is 41.8. The molecule has 0 unspecified atom stereocenters. The van der Waals surface area contributed by atoms with E-state index in [1.54, 1.807) is 0 Å². The van der Waals surface area contributed by atoms with Gasteiger partial charge < -0.3 is 15.3 Å². The Balaban J connectivity index is 2.79. The van der Waals surface area contributed by atoms with Gasteiger partial charge in [0.2, 0.25) is 0 Å². The van der Waals surface area contributed by atoms with Crippen molar-refractivity contribution >= 4 is 12.0 Å². The molecule has 88 valence electrons. The molecule has 0 heterocycles. The molecule has 0 aliphatic rings. The predicted octanol–water partition coefficient (Wildman–Crippen LogP) is 2.26. The van der Waals surface area contributed by atoms with Crippen molar-refractivity contribution in [3.63, 3.8) is 0 Å². The van der Waals surface area contributed by atoms with E-state index in [1.165, 1.54) is 0 Å². The fourth-order valence-electron chi connectivity index (χ4n) is 1.07. The van der Waals surface area contributed by atoms with Crippen LogP contribution in [0.15, 0.2) is 18.2 Å². The highest BCUT2D eigenvalue weighted by Crippen LogP contribution is 2.33. The molecule has 0 saturated carbocycles. The quantitative estimate of drug-likeness (QED) is 0.493. The van der Waals surface area contributed by atoms with E-state index in [9.17, 15) is 18.0 Å². The average Bonchev–Trinajstić information content (AvgIpc) is 2.19. The molecule has 0 fully saturated rings. The summed E-state index contributed by atoms with van der Waals surface area (Å²) in [5.74, 6) is 0.148. The van der Waals surface area contributed by atoms with Gasteiger partial charge in [0.25, 0.3) is 0 Å². The molecule has 0 atom stereocenters. The first kappa shape index (κ1) is 12.4. The zero-order valence-corrected chi connectivity index (χ0v) is 8.25. The molecule has 0 saturated heterocycles. The van der Waals surface area contributed by atoms with Gasteiger partial charge in [-0.05, 0) is 18.2 Å². The van der Waals surface area contributed by atoms with E-state index in [-0.39, 0.29) is 24.5 Å². The summed E-state index contributed by atoms with van der Waals surface area (Å²) in [5.41, 5.74) is 4.46. The molecule has 6 heteroatoms. The Morgan fingerprint density at radius 1 is 1.38 bits per heavy atom. The lowest BCUT2D eigenvalue weighted by Gasteiger charge is -2.11. The van der Waals surface area contributed by atoms with Crippen LogP contribution in [0.4, 0.5) is 18.9 Å². The number of hydrogen-bond acceptors (Lipinski definition) is 3. The van der Waals surface area contributed by atoms with Gasteiger partial charge in [-0.15, -0.1) is 0 Å². The van der Waals surface area contributed by atoms with Gasteiger partial charge in [0.15, 0.2) is 0 Å². The van der Waals surface area contributed by atoms with E-state index in [4.69, 9.17) is 10.5 Å². The first-order chi connectivity index (χ1) is 7.45. The summed E-state index contributed by atoms with van der Waals surface area (Å²) in [5, 5.41) is 0. The van der Waals surface area contributed by atoms with E-state index in [0.717, 1.165) is 18.2 Å². The average molecular weight is 233 g/mol. The maximum absolute atomic E-state index is 12.3. The van der Waals surface area contributed by atoms with Gasteiger partial charge in [0.1, 0.15) is 12.0 Å². The molecule has 1 rings (SSSR count). The SMILES string of the molecule is Nc1cc(C(F)(F)F)ccc1OCCC=O. The number of nitrogens with two attached hydrogens (primary N) is 1. The molecule has 3 nitrogen and oxygen atoms in total. The smallest absolute Gasteiger partial charge is 0.416 e. The summed E-state index contributed by atoms with van der Waals surface area (Å²) in [4.78, 5) is 10.0. The third-order valence-electron chi connectivity index (χ3n) is 1.83. The van der Waals surface area contributed by atoms with Crippen molar-refractivity contribution in [2.24, 2.45) is 0 Å². The number of hydrogen-bond donors (Lipinski definition) is 1. The van der Waals surface area contributed by atoms with Crippen molar-refractivity contribution in [1.82, 2.24) is 0 Å². The van der Waals surface area contributed by atoms with Crippen molar-refractivity contribution in [3.8, 4) is 5.75 Å². The van der Waals surface area contributed by atoms with Gasteiger partial charge in [-0.1, -0.05) is 0 Å². The minimum Gasteiger partial charge on any atom is -0.491 e. The Morgan fingerprint density at radius 3 is 2.56 bits per heavy atom. The molecule has 2 N–H and O–H groups in total. The molecular weight excluding hydrogens is 223 g/mol. The Bertz CT molecular complexity index is 377. The number of carbonyl (C=O) groups excluding carboxylic acids is 1. The second-order valence-electron chi connectivity index (χ2n) is 3.05. The van der Waals surface area contributed by atoms with Crippen LogP contribution in [0.2, 0.25) is 0 Å². The van der Waals surface area contributed by atoms with E-state index >= 15 is 0 Å². The topological polar surface area (TPSA) is 52.3 Å². The van der Waals surface area contributed by atoms with Crippen LogP contribution in [0.1, 0.15) is 12.0 Å². The van der Waals surface area contributed by atoms with Gasteiger partial charge in [0.05, 0.1) is 17.9 Å². The second kappa shape index (κ2) is 4.87. The molecule has 0 aliphatic heterocycles. The van der Waals surface area contributed by atoms with Gasteiger partial charge in [-0.2, -0.15) is 13.2 Å². The molecule has 0 aromatic heterocycles. The van der Waals surface area contributed by atoms with Crippen molar-refractivity contribution in [2.75, 3.05) is 12.3 Å². The number of carbonyl (C=O) groups is 1. The van der Waals surface area contributed by atoms with Gasteiger partial charge >= 0.3 is 6.18 Å². The van der Waals surface area contributed by atoms with Crippen LogP contribution in [-0.2, 0) is 11.0 Å². The standard InChI is InChI=1S/C10H10F3NO2/c11-10(12,13)7-2-3-9(8(14)6-7)16-5-1-4-15/h2-4,6H,1,5,14H2. The lowest BCUT2D eigenvalue weighted by molar-refractivity contribution is -0.137. The zero-order chi connectivity index (χ0) is 12.2. The number of ether oxygens (including phenoxy) is 1. The van der Waals surface area contributed by atoms with Crippen molar-refractivity contribution in [1.29, 1.82) is 0 Å². The summed E-state index contributed by atoms with van der Waals surface area (Å²) in [6.07, 6.45) is -3.60. The summed E-state index contributed by atoms with van der Waals surface area (Å²) in [6, 6.07) is 2.83. The van der Waals surface area contributed by atoms with Crippen LogP contribution in [-0.4, -0.2) is 12.9 Å². The number of halogens is 3. The number of rotatable bonds is 4. The molecule has 0 radical (unpaired) electrons. The number of alkyl halides is 3. The van der Waals surface area contributed by atoms with Crippen LogP contribution in [0, 0.1) is 0 Å². The van der Waals surface area contributed by atoms with Crippen molar-refractivity contribution < 1.29 is 22.7 Å². The van der Waals surface area contributed by atoms with Gasteiger partial charge in [0, 0.05) is 6.42 Å². The van der Waals surface area contributed by atoms with Crippen LogP contribution in [0.5, 0.6) is 5.75 Å². The summed E-state index contributed by atoms with van der Waals surface area (Å²) in [6.45, 7) is 0.0963. The maximum Gasteiger partial charge on any atom is 0.416 e. The van der Waals surface area contributed by atoms with Crippen LogP contribution in [0.25, 0.3) is 0 Å².